The molecular weight excluding hydrogens is 388 g/mol. The molecule has 0 heterocycles. The molecule has 0 saturated heterocycles. The highest BCUT2D eigenvalue weighted by Gasteiger charge is 2.30. The number of hydrogen-bond acceptors (Lipinski definition) is 3. The number of methoxy groups -OCH3 is 1. The molecule has 0 aromatic heterocycles. The number of unbranched alkanes of at least 4 members (excludes halogenated alkanes) is 3. The number of aliphatic carboxylic acids is 1. The van der Waals surface area contributed by atoms with Crippen molar-refractivity contribution in [3.8, 4) is 5.75 Å². The number of carboxylic acid groups (broad SMARTS) is 1. The van der Waals surface area contributed by atoms with Gasteiger partial charge in [0.2, 0.25) is 0 Å². The molecule has 0 aliphatic carbocycles. The molecule has 0 aliphatic heterocycles. The number of ketones is 1. The van der Waals surface area contributed by atoms with Crippen LogP contribution >= 0.6 is 0 Å². The van der Waals surface area contributed by atoms with E-state index in [4.69, 9.17) is 4.74 Å². The molecule has 0 bridgehead atoms. The first-order valence-corrected chi connectivity index (χ1v) is 11.1. The highest BCUT2D eigenvalue weighted by atomic mass is 16.5. The largest absolute Gasteiger partial charge is 0.497 e. The van der Waals surface area contributed by atoms with Crippen molar-refractivity contribution in [2.45, 2.75) is 51.9 Å². The van der Waals surface area contributed by atoms with E-state index in [2.05, 4.69) is 24.3 Å². The maximum absolute atomic E-state index is 12.2. The van der Waals surface area contributed by atoms with E-state index in [0.717, 1.165) is 43.4 Å². The highest BCUT2D eigenvalue weighted by molar-refractivity contribution is 5.84. The van der Waals surface area contributed by atoms with E-state index in [1.54, 1.807) is 7.11 Å². The molecule has 0 unspecified atom stereocenters. The van der Waals surface area contributed by atoms with Gasteiger partial charge in [-0.2, -0.15) is 0 Å². The van der Waals surface area contributed by atoms with Crippen molar-refractivity contribution in [1.29, 1.82) is 0 Å². The molecule has 0 spiro atoms. The molecule has 2 atom stereocenters. The van der Waals surface area contributed by atoms with E-state index in [0.29, 0.717) is 12.8 Å². The maximum Gasteiger partial charge on any atom is 0.307 e. The van der Waals surface area contributed by atoms with Gasteiger partial charge in [0.05, 0.1) is 13.0 Å². The Hall–Kier alpha value is -2.88. The summed E-state index contributed by atoms with van der Waals surface area (Å²) in [5, 5.41) is 9.72. The molecule has 1 N–H and O–H groups in total. The molecule has 166 valence electrons. The quantitative estimate of drug-likeness (QED) is 0.368. The van der Waals surface area contributed by atoms with Crippen molar-refractivity contribution in [2.24, 2.45) is 11.8 Å². The molecule has 31 heavy (non-hydrogen) atoms. The van der Waals surface area contributed by atoms with Crippen LogP contribution in [0.2, 0.25) is 0 Å². The van der Waals surface area contributed by atoms with Crippen molar-refractivity contribution in [2.75, 3.05) is 7.11 Å². The Morgan fingerprint density at radius 2 is 1.61 bits per heavy atom. The lowest BCUT2D eigenvalue weighted by Crippen LogP contribution is -2.28. The van der Waals surface area contributed by atoms with Crippen LogP contribution in [0.4, 0.5) is 0 Å². The van der Waals surface area contributed by atoms with Crippen molar-refractivity contribution in [1.82, 2.24) is 0 Å². The number of Topliss-reactive ketones (excluding diaryl/α,β-unsaturated/α-hetero) is 1. The Labute approximate surface area is 186 Å². The molecule has 0 amide bonds. The van der Waals surface area contributed by atoms with E-state index in [1.807, 2.05) is 42.5 Å². The van der Waals surface area contributed by atoms with Gasteiger partial charge >= 0.3 is 5.97 Å². The minimum Gasteiger partial charge on any atom is -0.497 e. The van der Waals surface area contributed by atoms with E-state index in [9.17, 15) is 14.7 Å². The van der Waals surface area contributed by atoms with E-state index in [1.165, 1.54) is 12.5 Å². The third-order valence-corrected chi connectivity index (χ3v) is 5.71. The van der Waals surface area contributed by atoms with Gasteiger partial charge in [0, 0.05) is 5.92 Å². The van der Waals surface area contributed by atoms with Gasteiger partial charge in [-0.25, -0.2) is 0 Å². The number of ether oxygens (including phenoxy) is 1. The fourth-order valence-electron chi connectivity index (χ4n) is 3.88. The normalized spacial score (nSPS) is 13.1. The Kier molecular flexibility index (Phi) is 10.6. The van der Waals surface area contributed by atoms with Crippen molar-refractivity contribution in [3.05, 3.63) is 71.8 Å². The number of aryl methyl sites for hydroxylation is 1. The summed E-state index contributed by atoms with van der Waals surface area (Å²) < 4.78 is 5.15. The van der Waals surface area contributed by atoms with Gasteiger partial charge in [-0.3, -0.25) is 9.59 Å². The lowest BCUT2D eigenvalue weighted by atomic mass is 9.82. The zero-order valence-corrected chi connectivity index (χ0v) is 18.6. The van der Waals surface area contributed by atoms with Crippen LogP contribution < -0.4 is 4.74 Å². The lowest BCUT2D eigenvalue weighted by Gasteiger charge is -2.20. The fraction of sp³-hybridized carbons (Fsp3) is 0.407. The molecular formula is C27H34O4. The van der Waals surface area contributed by atoms with E-state index >= 15 is 0 Å². The summed E-state index contributed by atoms with van der Waals surface area (Å²) >= 11 is 0. The number of carboxylic acids is 1. The predicted molar refractivity (Wildman–Crippen MR) is 125 cm³/mol. The van der Waals surface area contributed by atoms with Gasteiger partial charge in [0.15, 0.2) is 0 Å². The summed E-state index contributed by atoms with van der Waals surface area (Å²) in [5.41, 5.74) is 2.32. The second-order valence-electron chi connectivity index (χ2n) is 8.01. The topological polar surface area (TPSA) is 63.6 Å². The molecule has 0 radical (unpaired) electrons. The second kappa shape index (κ2) is 13.4. The highest BCUT2D eigenvalue weighted by Crippen LogP contribution is 2.25. The number of carbonyl (C=O) groups is 2. The number of rotatable bonds is 14. The fourth-order valence-corrected chi connectivity index (χ4v) is 3.88. The van der Waals surface area contributed by atoms with Crippen molar-refractivity contribution < 1.29 is 19.4 Å². The monoisotopic (exact) mass is 422 g/mol. The number of allylic oxidation sites excluding steroid dienone is 1. The zero-order valence-electron chi connectivity index (χ0n) is 18.6. The molecule has 2 rings (SSSR count). The van der Waals surface area contributed by atoms with Gasteiger partial charge < -0.3 is 9.84 Å². The van der Waals surface area contributed by atoms with Crippen LogP contribution in [-0.2, 0) is 16.0 Å². The summed E-state index contributed by atoms with van der Waals surface area (Å²) in [6.07, 6.45) is 9.90. The summed E-state index contributed by atoms with van der Waals surface area (Å²) in [6, 6.07) is 18.0. The SMILES string of the molecule is COc1ccc(/C=C/C[C@@H](C(=O)O)[C@H](CCCCCCc2ccccc2)C(C)=O)cc1. The predicted octanol–water partition coefficient (Wildman–Crippen LogP) is 6.20. The smallest absolute Gasteiger partial charge is 0.307 e. The summed E-state index contributed by atoms with van der Waals surface area (Å²) in [6.45, 7) is 1.52. The minimum absolute atomic E-state index is 0.0328. The molecule has 0 fully saturated rings. The van der Waals surface area contributed by atoms with E-state index < -0.39 is 17.8 Å². The summed E-state index contributed by atoms with van der Waals surface area (Å²) in [5.74, 6) is -1.28. The molecule has 0 aliphatic rings. The Morgan fingerprint density at radius 1 is 0.935 bits per heavy atom. The second-order valence-corrected chi connectivity index (χ2v) is 8.01. The molecule has 2 aromatic carbocycles. The van der Waals surface area contributed by atoms with Gasteiger partial charge in [0.1, 0.15) is 11.5 Å². The van der Waals surface area contributed by atoms with Crippen LogP contribution in [-0.4, -0.2) is 24.0 Å². The van der Waals surface area contributed by atoms with Crippen molar-refractivity contribution in [3.63, 3.8) is 0 Å². The first kappa shape index (κ1) is 24.4. The number of hydrogen-bond donors (Lipinski definition) is 1. The Bertz CT molecular complexity index is 824. The lowest BCUT2D eigenvalue weighted by molar-refractivity contribution is -0.146. The van der Waals surface area contributed by atoms with Crippen LogP contribution in [0.3, 0.4) is 0 Å². The average molecular weight is 423 g/mol. The Balaban J connectivity index is 1.81. The maximum atomic E-state index is 12.2. The third-order valence-electron chi connectivity index (χ3n) is 5.71. The summed E-state index contributed by atoms with van der Waals surface area (Å²) in [7, 11) is 1.62. The first-order chi connectivity index (χ1) is 15.0. The average Bonchev–Trinajstić information content (AvgIpc) is 2.77. The number of benzene rings is 2. The van der Waals surface area contributed by atoms with Crippen LogP contribution in [0.15, 0.2) is 60.7 Å². The van der Waals surface area contributed by atoms with Crippen LogP contribution in [0.1, 0.15) is 56.6 Å². The molecule has 4 heteroatoms. The standard InChI is InChI=1S/C27H34O4/c1-21(28)25(15-9-4-3-6-11-22-12-7-5-8-13-22)26(27(29)30)16-10-14-23-17-19-24(31-2)20-18-23/h5,7-8,10,12-14,17-20,25-26H,3-4,6,9,11,15-16H2,1-2H3,(H,29,30)/b14-10+/t25-,26-/m1/s1. The van der Waals surface area contributed by atoms with Crippen LogP contribution in [0.5, 0.6) is 5.75 Å². The van der Waals surface area contributed by atoms with Gasteiger partial charge in [0.25, 0.3) is 0 Å². The van der Waals surface area contributed by atoms with Gasteiger partial charge in [-0.05, 0) is 55.9 Å². The molecule has 0 saturated carbocycles. The van der Waals surface area contributed by atoms with Gasteiger partial charge in [-0.1, -0.05) is 73.9 Å². The van der Waals surface area contributed by atoms with E-state index in [-0.39, 0.29) is 5.78 Å². The molecule has 2 aromatic rings. The van der Waals surface area contributed by atoms with Gasteiger partial charge in [-0.15, -0.1) is 0 Å². The minimum atomic E-state index is -0.899. The van der Waals surface area contributed by atoms with Crippen LogP contribution in [0, 0.1) is 11.8 Å². The number of carbonyl (C=O) groups excluding carboxylic acids is 1. The zero-order chi connectivity index (χ0) is 22.5. The summed E-state index contributed by atoms with van der Waals surface area (Å²) in [4.78, 5) is 24.1. The first-order valence-electron chi connectivity index (χ1n) is 11.1. The Morgan fingerprint density at radius 3 is 2.23 bits per heavy atom. The van der Waals surface area contributed by atoms with Crippen LogP contribution in [0.25, 0.3) is 6.08 Å². The molecule has 4 nitrogen and oxygen atoms in total. The van der Waals surface area contributed by atoms with Crippen molar-refractivity contribution >= 4 is 17.8 Å². The third kappa shape index (κ3) is 8.79.